The van der Waals surface area contributed by atoms with Gasteiger partial charge in [-0.25, -0.2) is 9.97 Å². The zero-order valence-electron chi connectivity index (χ0n) is 46.6. The number of ether oxygens (including phenoxy) is 16. The first kappa shape index (κ1) is 61.4. The van der Waals surface area contributed by atoms with Crippen molar-refractivity contribution in [1.29, 1.82) is 0 Å². The lowest BCUT2D eigenvalue weighted by Crippen LogP contribution is -2.13. The Morgan fingerprint density at radius 2 is 0.575 bits per heavy atom. The predicted octanol–water partition coefficient (Wildman–Crippen LogP) is 8.22. The molecule has 80 heavy (non-hydrogen) atoms. The van der Waals surface area contributed by atoms with Crippen molar-refractivity contribution >= 4 is 46.4 Å². The van der Waals surface area contributed by atoms with Crippen molar-refractivity contribution in [2.24, 2.45) is 0 Å². The standard InChI is InChI=1S/C60H78N4O16/c1-65-13-17-69-21-25-73-29-33-77-51-37-45(38-52(43-51)78-34-30-74-26-22-70-18-14-66-2)59-55-9-5-47(61-55)41-49-7-11-57(63-49)60(58-12-8-50(64-58)42-48-6-10-56(59)62-48)46-39-53(79-35-31-75-27-23-71-19-15-67-3)44-54(40-46)80-36-32-76-28-24-72-20-16-68-4/h5-12,37-44,61,64H,13-36H2,1-4H3. The molecule has 5 aromatic rings. The van der Waals surface area contributed by atoms with Gasteiger partial charge in [0, 0.05) is 73.8 Å². The van der Waals surface area contributed by atoms with Gasteiger partial charge < -0.3 is 85.8 Å². The number of rotatable bonds is 42. The molecule has 20 heteroatoms. The molecule has 0 atom stereocenters. The first-order chi connectivity index (χ1) is 39.5. The highest BCUT2D eigenvalue weighted by atomic mass is 16.6. The Balaban J connectivity index is 1.19. The lowest BCUT2D eigenvalue weighted by atomic mass is 10.0. The minimum absolute atomic E-state index is 0.308. The number of hydrogen-bond acceptors (Lipinski definition) is 18. The van der Waals surface area contributed by atoms with Crippen molar-refractivity contribution in [1.82, 2.24) is 19.9 Å². The summed E-state index contributed by atoms with van der Waals surface area (Å²) in [5, 5.41) is 0. The number of hydrogen-bond donors (Lipinski definition) is 2. The summed E-state index contributed by atoms with van der Waals surface area (Å²) in [5.41, 5.74) is 9.67. The normalized spacial score (nSPS) is 11.9. The van der Waals surface area contributed by atoms with Gasteiger partial charge >= 0.3 is 0 Å². The van der Waals surface area contributed by atoms with Crippen LogP contribution in [0.1, 0.15) is 22.8 Å². The van der Waals surface area contributed by atoms with Crippen molar-refractivity contribution < 1.29 is 75.8 Å². The molecule has 20 nitrogen and oxygen atoms in total. The average molecular weight is 1110 g/mol. The monoisotopic (exact) mass is 1110 g/mol. The second kappa shape index (κ2) is 36.2. The molecule has 3 aromatic heterocycles. The molecule has 0 radical (unpaired) electrons. The topological polar surface area (TPSA) is 205 Å². The van der Waals surface area contributed by atoms with E-state index < -0.39 is 0 Å². The van der Waals surface area contributed by atoms with Gasteiger partial charge in [-0.3, -0.25) is 0 Å². The van der Waals surface area contributed by atoms with E-state index in [2.05, 4.69) is 9.97 Å². The molecule has 0 saturated carbocycles. The fraction of sp³-hybridized carbons (Fsp3) is 0.467. The van der Waals surface area contributed by atoms with Crippen LogP contribution >= 0.6 is 0 Å². The summed E-state index contributed by atoms with van der Waals surface area (Å²) >= 11 is 0. The summed E-state index contributed by atoms with van der Waals surface area (Å²) in [6.07, 6.45) is 8.05. The van der Waals surface area contributed by atoms with Crippen LogP contribution in [-0.4, -0.2) is 207 Å². The average Bonchev–Trinajstić information content (AvgIpc) is 4.33. The first-order valence-corrected chi connectivity index (χ1v) is 27.0. The van der Waals surface area contributed by atoms with Crippen LogP contribution in [0.25, 0.3) is 68.6 Å². The van der Waals surface area contributed by atoms with Crippen LogP contribution < -0.4 is 18.9 Å². The van der Waals surface area contributed by atoms with Crippen molar-refractivity contribution in [2.75, 3.05) is 187 Å². The van der Waals surface area contributed by atoms with E-state index >= 15 is 0 Å². The van der Waals surface area contributed by atoms with Gasteiger partial charge in [-0.1, -0.05) is 0 Å². The lowest BCUT2D eigenvalue weighted by Gasteiger charge is -2.14. The van der Waals surface area contributed by atoms with Crippen molar-refractivity contribution in [3.63, 3.8) is 0 Å². The van der Waals surface area contributed by atoms with E-state index in [0.29, 0.717) is 182 Å². The number of benzene rings is 2. The van der Waals surface area contributed by atoms with E-state index in [4.69, 9.17) is 85.8 Å². The van der Waals surface area contributed by atoms with Crippen molar-refractivity contribution in [3.05, 3.63) is 95.6 Å². The molecule has 7 rings (SSSR count). The smallest absolute Gasteiger partial charge is 0.123 e. The van der Waals surface area contributed by atoms with E-state index in [1.54, 1.807) is 28.4 Å². The van der Waals surface area contributed by atoms with Gasteiger partial charge in [0.05, 0.1) is 155 Å². The minimum Gasteiger partial charge on any atom is -0.491 e. The predicted molar refractivity (Wildman–Crippen MR) is 306 cm³/mol. The van der Waals surface area contributed by atoms with E-state index in [9.17, 15) is 0 Å². The maximum atomic E-state index is 6.32. The number of nitrogens with zero attached hydrogens (tertiary/aromatic N) is 2. The molecule has 434 valence electrons. The third kappa shape index (κ3) is 21.3. The molecule has 0 amide bonds. The Labute approximate surface area is 468 Å². The Morgan fingerprint density at radius 3 is 0.863 bits per heavy atom. The Kier molecular flexibility index (Phi) is 27.8. The Morgan fingerprint density at radius 1 is 0.300 bits per heavy atom. The SMILES string of the molecule is COCCOCCOCCOc1cc(OCCOCCOCCOC)cc(-c2c3nc(cc4ccc([nH]4)c(-c4cc(OCCOCCOCCOC)cc(OCCOCCOCCOC)c4)c4nc(cc5ccc2[nH]5)C=C4)C=C3)c1. The largest absolute Gasteiger partial charge is 0.491 e. The molecular weight excluding hydrogens is 1030 g/mol. The molecule has 8 bridgehead atoms. The second-order valence-corrected chi connectivity index (χ2v) is 17.9. The number of fused-ring (bicyclic) bond motifs is 8. The molecule has 0 fully saturated rings. The summed E-state index contributed by atoms with van der Waals surface area (Å²) in [6.45, 7) is 10.5. The Bertz CT molecular complexity index is 2550. The number of aromatic amines is 2. The van der Waals surface area contributed by atoms with Crippen LogP contribution in [0, 0.1) is 0 Å². The van der Waals surface area contributed by atoms with Crippen LogP contribution in [0.5, 0.6) is 23.0 Å². The van der Waals surface area contributed by atoms with Gasteiger partial charge in [0.15, 0.2) is 0 Å². The molecule has 0 aliphatic carbocycles. The highest BCUT2D eigenvalue weighted by Gasteiger charge is 2.17. The second-order valence-electron chi connectivity index (χ2n) is 17.9. The van der Waals surface area contributed by atoms with Gasteiger partial charge in [-0.15, -0.1) is 0 Å². The molecule has 0 saturated heterocycles. The van der Waals surface area contributed by atoms with E-state index in [1.165, 1.54) is 0 Å². The third-order valence-corrected chi connectivity index (χ3v) is 11.9. The molecule has 2 aliphatic heterocycles. The minimum atomic E-state index is 0.308. The zero-order chi connectivity index (χ0) is 55.7. The van der Waals surface area contributed by atoms with E-state index in [-0.39, 0.29) is 0 Å². The molecule has 5 heterocycles. The van der Waals surface area contributed by atoms with Crippen LogP contribution in [0.3, 0.4) is 0 Å². The van der Waals surface area contributed by atoms with Gasteiger partial charge in [-0.2, -0.15) is 0 Å². The van der Waals surface area contributed by atoms with Crippen molar-refractivity contribution in [2.45, 2.75) is 0 Å². The number of methoxy groups -OCH3 is 4. The van der Waals surface area contributed by atoms with E-state index in [0.717, 1.165) is 67.1 Å². The van der Waals surface area contributed by atoms with E-state index in [1.807, 2.05) is 97.1 Å². The van der Waals surface area contributed by atoms with Gasteiger partial charge in [-0.05, 0) is 96.1 Å². The fourth-order valence-corrected chi connectivity index (χ4v) is 8.18. The molecule has 0 spiro atoms. The van der Waals surface area contributed by atoms with Crippen LogP contribution in [-0.2, 0) is 56.8 Å². The van der Waals surface area contributed by atoms with Gasteiger partial charge in [0.2, 0.25) is 0 Å². The molecule has 0 unspecified atom stereocenters. The summed E-state index contributed by atoms with van der Waals surface area (Å²) in [7, 11) is 6.58. The van der Waals surface area contributed by atoms with Crippen LogP contribution in [0.2, 0.25) is 0 Å². The van der Waals surface area contributed by atoms with Crippen LogP contribution in [0.15, 0.2) is 72.8 Å². The Hall–Kier alpha value is -6.24. The number of nitrogens with one attached hydrogen (secondary N) is 2. The third-order valence-electron chi connectivity index (χ3n) is 11.9. The summed E-state index contributed by atoms with van der Waals surface area (Å²) in [6, 6.07) is 23.9. The first-order valence-electron chi connectivity index (χ1n) is 27.0. The highest BCUT2D eigenvalue weighted by molar-refractivity contribution is 5.94. The lowest BCUT2D eigenvalue weighted by molar-refractivity contribution is 0.0174. The summed E-state index contributed by atoms with van der Waals surface area (Å²) in [4.78, 5) is 17.7. The highest BCUT2D eigenvalue weighted by Crippen LogP contribution is 2.38. The number of H-pyrrole nitrogens is 2. The summed E-state index contributed by atoms with van der Waals surface area (Å²) in [5.74, 6) is 2.41. The quantitative estimate of drug-likeness (QED) is 0.0346. The van der Waals surface area contributed by atoms with Crippen molar-refractivity contribution in [3.8, 4) is 45.3 Å². The van der Waals surface area contributed by atoms with Crippen LogP contribution in [0.4, 0.5) is 0 Å². The molecular formula is C60H78N4O16. The van der Waals surface area contributed by atoms with Gasteiger partial charge in [0.1, 0.15) is 49.4 Å². The maximum absolute atomic E-state index is 6.32. The van der Waals surface area contributed by atoms with Gasteiger partial charge in [0.25, 0.3) is 0 Å². The number of aromatic nitrogens is 4. The molecule has 2 aromatic carbocycles. The summed E-state index contributed by atoms with van der Waals surface area (Å²) < 4.78 is 90.9. The maximum Gasteiger partial charge on any atom is 0.123 e. The fourth-order valence-electron chi connectivity index (χ4n) is 8.18. The zero-order valence-corrected chi connectivity index (χ0v) is 46.6. The molecule has 2 N–H and O–H groups in total. The molecule has 2 aliphatic rings.